The van der Waals surface area contributed by atoms with Gasteiger partial charge in [0.15, 0.2) is 6.10 Å². The summed E-state index contributed by atoms with van der Waals surface area (Å²) < 4.78 is 26.7. The summed E-state index contributed by atoms with van der Waals surface area (Å²) in [5, 5.41) is 8.85. The van der Waals surface area contributed by atoms with Gasteiger partial charge in [-0.1, -0.05) is 51.9 Å². The lowest BCUT2D eigenvalue weighted by molar-refractivity contribution is -0.870. The summed E-state index contributed by atoms with van der Waals surface area (Å²) in [6.45, 7) is 1.83. The zero-order chi connectivity index (χ0) is 22.2. The first kappa shape index (κ1) is 28.5. The number of phosphoric acid groups is 1. The highest BCUT2D eigenvalue weighted by Crippen LogP contribution is 2.38. The molecule has 0 aromatic rings. The highest BCUT2D eigenvalue weighted by molar-refractivity contribution is 7.45. The average molecular weight is 442 g/mol. The van der Waals surface area contributed by atoms with Gasteiger partial charge in [0, 0.05) is 6.42 Å². The molecule has 29 heavy (non-hydrogen) atoms. The quantitative estimate of drug-likeness (QED) is 0.0812. The van der Waals surface area contributed by atoms with Crippen molar-refractivity contribution >= 4 is 13.8 Å². The number of unbranched alkanes of at least 4 members (excludes halogenated alkanes) is 7. The van der Waals surface area contributed by atoms with E-state index in [4.69, 9.17) is 14.5 Å². The lowest BCUT2D eigenvalue weighted by atomic mass is 10.1. The van der Waals surface area contributed by atoms with E-state index in [9.17, 15) is 14.3 Å². The monoisotopic (exact) mass is 441 g/mol. The number of carbonyl (C=O) groups is 1. The van der Waals surface area contributed by atoms with Crippen LogP contribution in [0.2, 0.25) is 0 Å². The fraction of sp³-hybridized carbons (Fsp3) is 0.947. The number of nitrogens with zero attached hydrogens (tertiary/aromatic N) is 1. The second kappa shape index (κ2) is 16.2. The van der Waals surface area contributed by atoms with Gasteiger partial charge in [-0.15, -0.1) is 0 Å². The van der Waals surface area contributed by atoms with Crippen molar-refractivity contribution < 1.29 is 42.7 Å². The molecule has 9 nitrogen and oxygen atoms in total. The summed E-state index contributed by atoms with van der Waals surface area (Å²) in [5.74, 6) is -0.414. The lowest BCUT2D eigenvalue weighted by Crippen LogP contribution is -2.37. The zero-order valence-corrected chi connectivity index (χ0v) is 19.4. The van der Waals surface area contributed by atoms with Gasteiger partial charge in [0.2, 0.25) is 0 Å². The fourth-order valence-corrected chi connectivity index (χ4v) is 3.14. The van der Waals surface area contributed by atoms with Crippen LogP contribution < -0.4 is 4.89 Å². The number of quaternary nitrogens is 1. The Kier molecular flexibility index (Phi) is 15.9. The summed E-state index contributed by atoms with van der Waals surface area (Å²) in [6, 6.07) is 0. The van der Waals surface area contributed by atoms with Crippen molar-refractivity contribution in [1.29, 1.82) is 0 Å². The summed E-state index contributed by atoms with van der Waals surface area (Å²) in [4.78, 5) is 27.5. The molecule has 0 aromatic carbocycles. The topological polar surface area (TPSA) is 114 Å². The van der Waals surface area contributed by atoms with Crippen molar-refractivity contribution in [2.45, 2.75) is 70.8 Å². The Labute approximate surface area is 175 Å². The van der Waals surface area contributed by atoms with Crippen LogP contribution in [0.3, 0.4) is 0 Å². The van der Waals surface area contributed by atoms with Crippen molar-refractivity contribution in [3.63, 3.8) is 0 Å². The summed E-state index contributed by atoms with van der Waals surface area (Å²) in [5.41, 5.74) is 0. The molecule has 174 valence electrons. The molecular weight excluding hydrogens is 401 g/mol. The molecule has 0 aliphatic rings. The van der Waals surface area contributed by atoms with Crippen LogP contribution >= 0.6 is 7.82 Å². The highest BCUT2D eigenvalue weighted by Gasteiger charge is 2.19. The van der Waals surface area contributed by atoms with Crippen LogP contribution in [0, 0.1) is 0 Å². The van der Waals surface area contributed by atoms with Gasteiger partial charge >= 0.3 is 5.97 Å². The van der Waals surface area contributed by atoms with Crippen LogP contribution in [-0.2, 0) is 28.0 Å². The van der Waals surface area contributed by atoms with Crippen molar-refractivity contribution in [1.82, 2.24) is 0 Å². The molecular formula is C19H40NO8P. The molecule has 10 heteroatoms. The maximum Gasteiger partial charge on any atom is 0.305 e. The molecule has 0 bridgehead atoms. The van der Waals surface area contributed by atoms with Gasteiger partial charge in [-0.3, -0.25) is 14.6 Å². The highest BCUT2D eigenvalue weighted by atomic mass is 31.2. The largest absolute Gasteiger partial charge is 0.756 e. The van der Waals surface area contributed by atoms with Crippen LogP contribution in [0.4, 0.5) is 0 Å². The first-order valence-corrected chi connectivity index (χ1v) is 11.9. The van der Waals surface area contributed by atoms with E-state index < -0.39 is 26.5 Å². The predicted molar refractivity (Wildman–Crippen MR) is 108 cm³/mol. The van der Waals surface area contributed by atoms with Gasteiger partial charge in [0.05, 0.1) is 27.7 Å². The SMILES string of the molecule is CCCCCCCCCCC(=O)OC[C@H](COP(=O)([O-])OCC[N+](C)(C)C)OO. The second-order valence-electron chi connectivity index (χ2n) is 8.23. The Morgan fingerprint density at radius 1 is 1.00 bits per heavy atom. The van der Waals surface area contributed by atoms with Gasteiger partial charge in [0.25, 0.3) is 7.82 Å². The van der Waals surface area contributed by atoms with Crippen LogP contribution in [0.25, 0.3) is 0 Å². The van der Waals surface area contributed by atoms with Crippen molar-refractivity contribution in [2.24, 2.45) is 0 Å². The van der Waals surface area contributed by atoms with E-state index in [1.807, 2.05) is 21.1 Å². The Morgan fingerprint density at radius 2 is 1.59 bits per heavy atom. The number of likely N-dealkylation sites (N-methyl/N-ethyl adjacent to an activating group) is 1. The van der Waals surface area contributed by atoms with Gasteiger partial charge in [-0.25, -0.2) is 4.89 Å². The predicted octanol–water partition coefficient (Wildman–Crippen LogP) is 3.13. The second-order valence-corrected chi connectivity index (χ2v) is 9.64. The van der Waals surface area contributed by atoms with E-state index in [0.29, 0.717) is 11.0 Å². The van der Waals surface area contributed by atoms with Crippen LogP contribution in [-0.4, -0.2) is 69.3 Å². The molecule has 0 spiro atoms. The third-order valence-electron chi connectivity index (χ3n) is 4.24. The Bertz CT molecular complexity index is 470. The molecule has 0 fully saturated rings. The van der Waals surface area contributed by atoms with Gasteiger partial charge < -0.3 is 23.2 Å². The van der Waals surface area contributed by atoms with E-state index in [2.05, 4.69) is 16.3 Å². The van der Waals surface area contributed by atoms with Crippen LogP contribution in [0.5, 0.6) is 0 Å². The standard InChI is InChI=1S/C19H40NO8P/c1-5-6-7-8-9-10-11-12-13-19(21)25-16-18(28-22)17-27-29(23,24)26-15-14-20(2,3)4/h18H,5-17H2,1-4H3,(H-,22,23,24)/t18-/m1/s1. The Balaban J connectivity index is 3.88. The maximum absolute atomic E-state index is 11.7. The number of esters is 1. The third kappa shape index (κ3) is 19.2. The van der Waals surface area contributed by atoms with E-state index >= 15 is 0 Å². The number of rotatable bonds is 19. The van der Waals surface area contributed by atoms with Gasteiger partial charge in [-0.05, 0) is 6.42 Å². The van der Waals surface area contributed by atoms with Crippen molar-refractivity contribution in [3.05, 3.63) is 0 Å². The van der Waals surface area contributed by atoms with Crippen LogP contribution in [0.15, 0.2) is 0 Å². The average Bonchev–Trinajstić information content (AvgIpc) is 2.62. The van der Waals surface area contributed by atoms with E-state index in [0.717, 1.165) is 19.3 Å². The molecule has 0 aromatic heterocycles. The number of ether oxygens (including phenoxy) is 1. The molecule has 1 unspecified atom stereocenters. The maximum atomic E-state index is 11.7. The van der Waals surface area contributed by atoms with E-state index in [1.165, 1.54) is 32.1 Å². The summed E-state index contributed by atoms with van der Waals surface area (Å²) in [6.07, 6.45) is 8.15. The van der Waals surface area contributed by atoms with Crippen molar-refractivity contribution in [2.75, 3.05) is 47.5 Å². The van der Waals surface area contributed by atoms with Crippen LogP contribution in [0.1, 0.15) is 64.7 Å². The molecule has 1 N–H and O–H groups in total. The Morgan fingerprint density at radius 3 is 2.14 bits per heavy atom. The molecule has 0 aliphatic heterocycles. The minimum absolute atomic E-state index is 0.0253. The van der Waals surface area contributed by atoms with Gasteiger partial charge in [0.1, 0.15) is 19.8 Å². The van der Waals surface area contributed by atoms with E-state index in [-0.39, 0.29) is 19.6 Å². The fourth-order valence-electron chi connectivity index (χ4n) is 2.41. The minimum atomic E-state index is -4.52. The first-order valence-electron chi connectivity index (χ1n) is 10.5. The van der Waals surface area contributed by atoms with E-state index in [1.54, 1.807) is 0 Å². The molecule has 0 rings (SSSR count). The normalized spacial score (nSPS) is 15.1. The summed E-state index contributed by atoms with van der Waals surface area (Å²) >= 11 is 0. The molecule has 0 aliphatic carbocycles. The number of hydrogen-bond donors (Lipinski definition) is 1. The molecule has 0 saturated carbocycles. The summed E-state index contributed by atoms with van der Waals surface area (Å²) in [7, 11) is 1.18. The smallest absolute Gasteiger partial charge is 0.305 e. The Hall–Kier alpha value is -0.540. The third-order valence-corrected chi connectivity index (χ3v) is 5.21. The lowest BCUT2D eigenvalue weighted by Gasteiger charge is -2.27. The first-order chi connectivity index (χ1) is 13.6. The number of carbonyl (C=O) groups excluding carboxylic acids is 1. The molecule has 0 saturated heterocycles. The molecule has 0 amide bonds. The number of hydrogen-bond acceptors (Lipinski definition) is 8. The molecule has 0 radical (unpaired) electrons. The number of phosphoric ester groups is 1. The zero-order valence-electron chi connectivity index (χ0n) is 18.5. The van der Waals surface area contributed by atoms with Crippen molar-refractivity contribution in [3.8, 4) is 0 Å². The molecule has 2 atom stereocenters. The minimum Gasteiger partial charge on any atom is -0.756 e. The van der Waals surface area contributed by atoms with Gasteiger partial charge in [-0.2, -0.15) is 0 Å². The molecule has 0 heterocycles.